The van der Waals surface area contributed by atoms with E-state index in [9.17, 15) is 14.4 Å². The topological polar surface area (TPSA) is 118 Å². The molecule has 4 amide bonds. The first-order valence-electron chi connectivity index (χ1n) is 5.62. The monoisotopic (exact) mass is 266 g/mol. The summed E-state index contributed by atoms with van der Waals surface area (Å²) < 4.78 is 5.17. The molecule has 2 heterocycles. The first-order valence-corrected chi connectivity index (χ1v) is 5.62. The Morgan fingerprint density at radius 1 is 1.58 bits per heavy atom. The average Bonchev–Trinajstić information content (AvgIpc) is 2.97. The van der Waals surface area contributed by atoms with Crippen LogP contribution in [0.4, 0.5) is 4.79 Å². The van der Waals surface area contributed by atoms with E-state index in [-0.39, 0.29) is 0 Å². The van der Waals surface area contributed by atoms with Gasteiger partial charge in [-0.2, -0.15) is 0 Å². The van der Waals surface area contributed by atoms with E-state index < -0.39 is 29.4 Å². The van der Waals surface area contributed by atoms with Gasteiger partial charge in [0.2, 0.25) is 0 Å². The molecule has 8 nitrogen and oxygen atoms in total. The van der Waals surface area contributed by atoms with Crippen molar-refractivity contribution >= 4 is 17.8 Å². The molecule has 0 saturated carbocycles. The van der Waals surface area contributed by atoms with Crippen molar-refractivity contribution in [1.82, 2.24) is 15.6 Å². The van der Waals surface area contributed by atoms with E-state index >= 15 is 0 Å². The van der Waals surface area contributed by atoms with E-state index in [0.717, 1.165) is 4.90 Å². The highest BCUT2D eigenvalue weighted by Gasteiger charge is 2.53. The van der Waals surface area contributed by atoms with Crippen LogP contribution in [0, 0.1) is 0 Å². The van der Waals surface area contributed by atoms with Gasteiger partial charge in [-0.3, -0.25) is 15.0 Å². The summed E-state index contributed by atoms with van der Waals surface area (Å²) in [7, 11) is 0. The third-order valence-electron chi connectivity index (χ3n) is 3.15. The van der Waals surface area contributed by atoms with Crippen molar-refractivity contribution in [3.63, 3.8) is 0 Å². The van der Waals surface area contributed by atoms with Crippen LogP contribution < -0.4 is 16.6 Å². The number of nitrogens with one attached hydrogen (secondary N) is 2. The molecule has 1 saturated heterocycles. The Morgan fingerprint density at radius 2 is 2.26 bits per heavy atom. The maximum absolute atomic E-state index is 12.4. The lowest BCUT2D eigenvalue weighted by Gasteiger charge is -2.22. The molecule has 1 aromatic rings. The lowest BCUT2D eigenvalue weighted by atomic mass is 9.99. The Hall–Kier alpha value is -2.35. The Labute approximate surface area is 108 Å². The molecule has 1 aliphatic rings. The molecule has 0 aromatic carbocycles. The summed E-state index contributed by atoms with van der Waals surface area (Å²) in [6.07, 6.45) is 1.40. The van der Waals surface area contributed by atoms with E-state index in [1.54, 1.807) is 12.1 Å². The Bertz CT molecular complexity index is 527. The number of carbonyl (C=O) groups excluding carboxylic acids is 3. The van der Waals surface area contributed by atoms with Gasteiger partial charge in [-0.1, -0.05) is 0 Å². The molecule has 1 aromatic heterocycles. The highest BCUT2D eigenvalue weighted by Crippen LogP contribution is 2.30. The number of hydrogen-bond donors (Lipinski definition) is 3. The fourth-order valence-electron chi connectivity index (χ4n) is 1.98. The van der Waals surface area contributed by atoms with Crippen LogP contribution >= 0.6 is 0 Å². The van der Waals surface area contributed by atoms with Crippen LogP contribution in [-0.2, 0) is 15.1 Å². The fraction of sp³-hybridized carbons (Fsp3) is 0.364. The highest BCUT2D eigenvalue weighted by atomic mass is 16.3. The van der Waals surface area contributed by atoms with Crippen molar-refractivity contribution in [2.45, 2.75) is 25.4 Å². The summed E-state index contributed by atoms with van der Waals surface area (Å²) in [6.45, 7) is 2.92. The first kappa shape index (κ1) is 13.1. The molecule has 1 fully saturated rings. The Kier molecular flexibility index (Phi) is 3.03. The van der Waals surface area contributed by atoms with Crippen LogP contribution in [0.25, 0.3) is 0 Å². The summed E-state index contributed by atoms with van der Waals surface area (Å²) in [5.41, 5.74) is 0.593. The first-order chi connectivity index (χ1) is 8.91. The molecule has 2 unspecified atom stereocenters. The molecule has 2 rings (SSSR count). The molecule has 0 spiro atoms. The molecule has 1 aliphatic heterocycles. The van der Waals surface area contributed by atoms with Gasteiger partial charge < -0.3 is 9.73 Å². The number of nitrogens with two attached hydrogens (primary N) is 1. The largest absolute Gasteiger partial charge is 0.466 e. The molecule has 4 N–H and O–H groups in total. The van der Waals surface area contributed by atoms with E-state index in [1.165, 1.54) is 20.1 Å². The predicted octanol–water partition coefficient (Wildman–Crippen LogP) is -0.575. The minimum Gasteiger partial charge on any atom is -0.466 e. The summed E-state index contributed by atoms with van der Waals surface area (Å²) in [4.78, 5) is 36.5. The molecule has 0 bridgehead atoms. The SMILES string of the molecule is CC(C(=O)NN)N1C(=O)NC(C)(c2ccco2)C1=O. The summed E-state index contributed by atoms with van der Waals surface area (Å²) in [5.74, 6) is 4.11. The van der Waals surface area contributed by atoms with E-state index in [4.69, 9.17) is 10.3 Å². The van der Waals surface area contributed by atoms with Gasteiger partial charge >= 0.3 is 6.03 Å². The number of rotatable bonds is 3. The van der Waals surface area contributed by atoms with E-state index in [1.807, 2.05) is 5.43 Å². The third kappa shape index (κ3) is 1.85. The molecule has 19 heavy (non-hydrogen) atoms. The zero-order chi connectivity index (χ0) is 14.2. The van der Waals surface area contributed by atoms with Crippen LogP contribution in [0.5, 0.6) is 0 Å². The quantitative estimate of drug-likeness (QED) is 0.293. The van der Waals surface area contributed by atoms with Gasteiger partial charge in [0.05, 0.1) is 6.26 Å². The van der Waals surface area contributed by atoms with Gasteiger partial charge in [0.25, 0.3) is 11.8 Å². The zero-order valence-electron chi connectivity index (χ0n) is 10.5. The Morgan fingerprint density at radius 3 is 2.79 bits per heavy atom. The molecule has 2 atom stereocenters. The van der Waals surface area contributed by atoms with Crippen LogP contribution in [0.3, 0.4) is 0 Å². The van der Waals surface area contributed by atoms with E-state index in [0.29, 0.717) is 5.76 Å². The predicted molar refractivity (Wildman–Crippen MR) is 63.2 cm³/mol. The summed E-state index contributed by atoms with van der Waals surface area (Å²) in [5, 5.41) is 2.52. The van der Waals surface area contributed by atoms with Gasteiger partial charge in [0.15, 0.2) is 5.54 Å². The van der Waals surface area contributed by atoms with Crippen molar-refractivity contribution < 1.29 is 18.8 Å². The summed E-state index contributed by atoms with van der Waals surface area (Å²) >= 11 is 0. The minimum absolute atomic E-state index is 0.300. The normalized spacial score (nSPS) is 24.3. The molecule has 0 radical (unpaired) electrons. The van der Waals surface area contributed by atoms with Crippen molar-refractivity contribution in [3.8, 4) is 0 Å². The number of carbonyl (C=O) groups is 3. The van der Waals surface area contributed by atoms with Gasteiger partial charge in [-0.25, -0.2) is 15.5 Å². The maximum atomic E-state index is 12.4. The van der Waals surface area contributed by atoms with Crippen LogP contribution in [0.15, 0.2) is 22.8 Å². The van der Waals surface area contributed by atoms with Crippen LogP contribution in [0.2, 0.25) is 0 Å². The summed E-state index contributed by atoms with van der Waals surface area (Å²) in [6, 6.07) is 1.52. The second kappa shape index (κ2) is 4.39. The smallest absolute Gasteiger partial charge is 0.326 e. The number of furan rings is 1. The number of nitrogens with zero attached hydrogens (tertiary/aromatic N) is 1. The lowest BCUT2D eigenvalue weighted by Crippen LogP contribution is -2.50. The fourth-order valence-corrected chi connectivity index (χ4v) is 1.98. The van der Waals surface area contributed by atoms with Crippen LogP contribution in [-0.4, -0.2) is 28.8 Å². The number of urea groups is 1. The molecule has 102 valence electrons. The lowest BCUT2D eigenvalue weighted by molar-refractivity contribution is -0.138. The zero-order valence-corrected chi connectivity index (χ0v) is 10.5. The van der Waals surface area contributed by atoms with Gasteiger partial charge in [0, 0.05) is 0 Å². The van der Waals surface area contributed by atoms with E-state index in [2.05, 4.69) is 5.32 Å². The number of imide groups is 1. The Balaban J connectivity index is 2.34. The van der Waals surface area contributed by atoms with Gasteiger partial charge in [-0.15, -0.1) is 0 Å². The average molecular weight is 266 g/mol. The molecule has 8 heteroatoms. The number of hydrogen-bond acceptors (Lipinski definition) is 5. The van der Waals surface area contributed by atoms with Gasteiger partial charge in [-0.05, 0) is 26.0 Å². The second-order valence-electron chi connectivity index (χ2n) is 4.39. The standard InChI is InChI=1S/C11H14N4O4/c1-6(8(16)14-12)15-9(17)11(2,13-10(15)18)7-4-3-5-19-7/h3-6H,12H2,1-2H3,(H,13,18)(H,14,16). The van der Waals surface area contributed by atoms with Gasteiger partial charge in [0.1, 0.15) is 11.8 Å². The van der Waals surface area contributed by atoms with Crippen molar-refractivity contribution in [2.24, 2.45) is 5.84 Å². The maximum Gasteiger partial charge on any atom is 0.326 e. The highest BCUT2D eigenvalue weighted by molar-refractivity contribution is 6.09. The van der Waals surface area contributed by atoms with Crippen molar-refractivity contribution in [1.29, 1.82) is 0 Å². The van der Waals surface area contributed by atoms with Crippen LogP contribution in [0.1, 0.15) is 19.6 Å². The van der Waals surface area contributed by atoms with Crippen molar-refractivity contribution in [3.05, 3.63) is 24.2 Å². The third-order valence-corrected chi connectivity index (χ3v) is 3.15. The number of amides is 4. The molecular formula is C11H14N4O4. The number of hydrazine groups is 1. The van der Waals surface area contributed by atoms with Crippen molar-refractivity contribution in [2.75, 3.05) is 0 Å². The molecule has 0 aliphatic carbocycles. The minimum atomic E-state index is -1.32. The second-order valence-corrected chi connectivity index (χ2v) is 4.39. The molecular weight excluding hydrogens is 252 g/mol.